The number of nitrogens with one attached hydrogen (secondary N) is 2. The van der Waals surface area contributed by atoms with Crippen molar-refractivity contribution >= 4 is 21.7 Å². The summed E-state index contributed by atoms with van der Waals surface area (Å²) < 4.78 is 14.1. The summed E-state index contributed by atoms with van der Waals surface area (Å²) in [7, 11) is 0. The first-order chi connectivity index (χ1) is 7.75. The highest BCUT2D eigenvalue weighted by molar-refractivity contribution is 9.10. The Morgan fingerprint density at radius 1 is 1.56 bits per heavy atom. The quantitative estimate of drug-likeness (QED) is 0.837. The summed E-state index contributed by atoms with van der Waals surface area (Å²) in [4.78, 5) is 3.99. The number of halogens is 2. The van der Waals surface area contributed by atoms with Gasteiger partial charge >= 0.3 is 0 Å². The minimum atomic E-state index is -0.330. The average molecular weight is 286 g/mol. The van der Waals surface area contributed by atoms with E-state index in [0.29, 0.717) is 16.8 Å². The molecule has 16 heavy (non-hydrogen) atoms. The van der Waals surface area contributed by atoms with Gasteiger partial charge in [-0.15, -0.1) is 0 Å². The van der Waals surface area contributed by atoms with Crippen molar-refractivity contribution in [2.45, 2.75) is 6.42 Å². The lowest BCUT2D eigenvalue weighted by atomic mass is 10.1. The van der Waals surface area contributed by atoms with Crippen LogP contribution in [0.25, 0.3) is 0 Å². The van der Waals surface area contributed by atoms with Gasteiger partial charge in [0.15, 0.2) is 11.6 Å². The molecule has 2 heterocycles. The van der Waals surface area contributed by atoms with E-state index in [0.717, 1.165) is 19.5 Å². The second kappa shape index (κ2) is 5.41. The predicted molar refractivity (Wildman–Crippen MR) is 66.0 cm³/mol. The molecular formula is C11H13BrFN3. The number of pyridine rings is 1. The Balaban J connectivity index is 1.96. The van der Waals surface area contributed by atoms with Gasteiger partial charge in [-0.3, -0.25) is 0 Å². The van der Waals surface area contributed by atoms with Crippen LogP contribution < -0.4 is 10.6 Å². The van der Waals surface area contributed by atoms with Crippen molar-refractivity contribution in [1.82, 2.24) is 10.3 Å². The van der Waals surface area contributed by atoms with Crippen LogP contribution in [0.1, 0.15) is 6.42 Å². The van der Waals surface area contributed by atoms with E-state index >= 15 is 0 Å². The van der Waals surface area contributed by atoms with Crippen LogP contribution in [0.5, 0.6) is 0 Å². The van der Waals surface area contributed by atoms with Gasteiger partial charge in [-0.2, -0.15) is 0 Å². The van der Waals surface area contributed by atoms with Crippen molar-refractivity contribution in [3.05, 3.63) is 34.2 Å². The van der Waals surface area contributed by atoms with Crippen LogP contribution in [-0.2, 0) is 0 Å². The van der Waals surface area contributed by atoms with Gasteiger partial charge in [0.2, 0.25) is 0 Å². The first-order valence-corrected chi connectivity index (χ1v) is 5.98. The lowest BCUT2D eigenvalue weighted by molar-refractivity contribution is 0.623. The smallest absolute Gasteiger partial charge is 0.166 e. The molecule has 1 aromatic heterocycles. The van der Waals surface area contributed by atoms with E-state index in [4.69, 9.17) is 0 Å². The van der Waals surface area contributed by atoms with Crippen LogP contribution in [0, 0.1) is 5.82 Å². The first-order valence-electron chi connectivity index (χ1n) is 5.19. The molecule has 3 nitrogen and oxygen atoms in total. The molecule has 0 saturated carbocycles. The normalized spacial score (nSPS) is 15.8. The second-order valence-corrected chi connectivity index (χ2v) is 4.57. The minimum absolute atomic E-state index is 0.308. The molecule has 0 radical (unpaired) electrons. The number of anilines is 1. The zero-order valence-electron chi connectivity index (χ0n) is 8.76. The molecule has 1 aliphatic rings. The highest BCUT2D eigenvalue weighted by Crippen LogP contribution is 2.16. The Morgan fingerprint density at radius 2 is 2.44 bits per heavy atom. The number of hydrogen-bond acceptors (Lipinski definition) is 3. The van der Waals surface area contributed by atoms with Crippen molar-refractivity contribution < 1.29 is 4.39 Å². The first kappa shape index (κ1) is 11.5. The topological polar surface area (TPSA) is 37.0 Å². The number of hydrogen-bond donors (Lipinski definition) is 2. The number of rotatable bonds is 3. The maximum atomic E-state index is 13.4. The SMILES string of the molecule is Fc1cc(Br)cnc1NCC1=CCNCC1. The standard InChI is InChI=1S/C11H13BrFN3/c12-9-5-10(13)11(16-7-9)15-6-8-1-3-14-4-2-8/h1,5,7,14H,2-4,6H2,(H,15,16). The summed E-state index contributed by atoms with van der Waals surface area (Å²) >= 11 is 3.17. The van der Waals surface area contributed by atoms with Crippen LogP contribution in [-0.4, -0.2) is 24.6 Å². The van der Waals surface area contributed by atoms with Crippen molar-refractivity contribution in [3.8, 4) is 0 Å². The third-order valence-corrected chi connectivity index (χ3v) is 2.88. The van der Waals surface area contributed by atoms with Crippen molar-refractivity contribution in [2.24, 2.45) is 0 Å². The zero-order chi connectivity index (χ0) is 11.4. The van der Waals surface area contributed by atoms with E-state index in [9.17, 15) is 4.39 Å². The molecule has 0 bridgehead atoms. The van der Waals surface area contributed by atoms with Crippen molar-refractivity contribution in [1.29, 1.82) is 0 Å². The summed E-state index contributed by atoms with van der Waals surface area (Å²) in [6, 6.07) is 1.41. The lowest BCUT2D eigenvalue weighted by Gasteiger charge is -2.15. The Labute approximate surface area is 102 Å². The van der Waals surface area contributed by atoms with Crippen molar-refractivity contribution in [3.63, 3.8) is 0 Å². The van der Waals surface area contributed by atoms with Gasteiger partial charge in [0.1, 0.15) is 0 Å². The predicted octanol–water partition coefficient (Wildman–Crippen LogP) is 2.31. The summed E-state index contributed by atoms with van der Waals surface area (Å²) in [5.74, 6) is -0.0217. The molecule has 0 saturated heterocycles. The van der Waals surface area contributed by atoms with E-state index < -0.39 is 0 Å². The van der Waals surface area contributed by atoms with E-state index in [1.807, 2.05) is 0 Å². The lowest BCUT2D eigenvalue weighted by Crippen LogP contribution is -2.23. The Morgan fingerprint density at radius 3 is 3.12 bits per heavy atom. The third kappa shape index (κ3) is 3.02. The van der Waals surface area contributed by atoms with E-state index in [2.05, 4.69) is 37.6 Å². The van der Waals surface area contributed by atoms with Gasteiger partial charge < -0.3 is 10.6 Å². The fraction of sp³-hybridized carbons (Fsp3) is 0.364. The van der Waals surface area contributed by atoms with Gasteiger partial charge in [-0.1, -0.05) is 11.6 Å². The Hall–Kier alpha value is -0.940. The van der Waals surface area contributed by atoms with Crippen LogP contribution in [0.4, 0.5) is 10.2 Å². The monoisotopic (exact) mass is 285 g/mol. The molecule has 1 aliphatic heterocycles. The van der Waals surface area contributed by atoms with Crippen molar-refractivity contribution in [2.75, 3.05) is 25.0 Å². The van der Waals surface area contributed by atoms with Crippen LogP contribution >= 0.6 is 15.9 Å². The fourth-order valence-electron chi connectivity index (χ4n) is 1.57. The van der Waals surface area contributed by atoms with E-state index in [1.54, 1.807) is 6.20 Å². The van der Waals surface area contributed by atoms with Crippen LogP contribution in [0.3, 0.4) is 0 Å². The van der Waals surface area contributed by atoms with Crippen LogP contribution in [0.15, 0.2) is 28.4 Å². The highest BCUT2D eigenvalue weighted by atomic mass is 79.9. The molecule has 1 aromatic rings. The molecule has 0 spiro atoms. The molecule has 86 valence electrons. The molecule has 0 unspecified atom stereocenters. The van der Waals surface area contributed by atoms with E-state index in [-0.39, 0.29) is 5.82 Å². The summed E-state index contributed by atoms with van der Waals surface area (Å²) in [6.07, 6.45) is 4.72. The maximum Gasteiger partial charge on any atom is 0.166 e. The molecular weight excluding hydrogens is 273 g/mol. The van der Waals surface area contributed by atoms with Gasteiger partial charge in [-0.25, -0.2) is 9.37 Å². The second-order valence-electron chi connectivity index (χ2n) is 3.65. The summed E-state index contributed by atoms with van der Waals surface area (Å²) in [5, 5.41) is 6.24. The Bertz CT molecular complexity index is 406. The van der Waals surface area contributed by atoms with Gasteiger partial charge in [0.25, 0.3) is 0 Å². The zero-order valence-corrected chi connectivity index (χ0v) is 10.3. The molecule has 0 aromatic carbocycles. The minimum Gasteiger partial charge on any atom is -0.364 e. The van der Waals surface area contributed by atoms with E-state index in [1.165, 1.54) is 11.6 Å². The molecule has 0 atom stereocenters. The van der Waals surface area contributed by atoms with Gasteiger partial charge in [0.05, 0.1) is 0 Å². The maximum absolute atomic E-state index is 13.4. The fourth-order valence-corrected chi connectivity index (χ4v) is 1.88. The molecule has 2 rings (SSSR count). The average Bonchev–Trinajstić information content (AvgIpc) is 2.29. The molecule has 0 fully saturated rings. The molecule has 0 aliphatic carbocycles. The van der Waals surface area contributed by atoms with Crippen LogP contribution in [0.2, 0.25) is 0 Å². The number of nitrogens with zero attached hydrogens (tertiary/aromatic N) is 1. The molecule has 2 N–H and O–H groups in total. The summed E-state index contributed by atoms with van der Waals surface area (Å²) in [5.41, 5.74) is 1.29. The molecule has 5 heteroatoms. The van der Waals surface area contributed by atoms with Gasteiger partial charge in [-0.05, 0) is 35.0 Å². The molecule has 0 amide bonds. The largest absolute Gasteiger partial charge is 0.364 e. The number of aromatic nitrogens is 1. The highest BCUT2D eigenvalue weighted by Gasteiger charge is 2.06. The van der Waals surface area contributed by atoms with Gasteiger partial charge in [0, 0.05) is 23.8 Å². The third-order valence-electron chi connectivity index (χ3n) is 2.45. The Kier molecular flexibility index (Phi) is 3.90. The summed E-state index contributed by atoms with van der Waals surface area (Å²) in [6.45, 7) is 2.55.